The molecule has 0 atom stereocenters. The van der Waals surface area contributed by atoms with Gasteiger partial charge in [0.2, 0.25) is 0 Å². The minimum absolute atomic E-state index is 0.0216. The summed E-state index contributed by atoms with van der Waals surface area (Å²) in [4.78, 5) is 17.6. The Hall–Kier alpha value is -5.19. The molecule has 2 heterocycles. The molecule has 1 amide bonds. The zero-order valence-corrected chi connectivity index (χ0v) is 22.8. The number of halogens is 2. The molecule has 1 aliphatic carbocycles. The van der Waals surface area contributed by atoms with Crippen LogP contribution in [0.5, 0.6) is 28.7 Å². The monoisotopic (exact) mass is 572 g/mol. The number of pyridine rings is 1. The number of amides is 1. The van der Waals surface area contributed by atoms with Crippen LogP contribution >= 0.6 is 0 Å². The average Bonchev–Trinajstić information content (AvgIpc) is 3.73. The van der Waals surface area contributed by atoms with Gasteiger partial charge < -0.3 is 24.3 Å². The van der Waals surface area contributed by atoms with Crippen LogP contribution in [0.15, 0.2) is 73.1 Å². The molecule has 2 aromatic heterocycles. The van der Waals surface area contributed by atoms with E-state index in [1.54, 1.807) is 42.7 Å². The standard InChI is InChI=1S/C31H26F2N4O5/c1-39-27-14-22-24(15-28(27)40-2)34-12-11-25(22)42-26-10-7-20(13-23(26)33)35-31(38)30-29(41-17-18-3-4-18)16-37(36-30)21-8-5-19(32)6-9-21/h5-16,18H,3-4,17H2,1-2H3,(H,35,38). The first-order valence-electron chi connectivity index (χ1n) is 13.2. The number of rotatable bonds is 10. The second-order valence-electron chi connectivity index (χ2n) is 9.75. The van der Waals surface area contributed by atoms with E-state index in [4.69, 9.17) is 18.9 Å². The highest BCUT2D eigenvalue weighted by Gasteiger charge is 2.25. The van der Waals surface area contributed by atoms with Crippen LogP contribution in [0, 0.1) is 17.6 Å². The summed E-state index contributed by atoms with van der Waals surface area (Å²) in [6.07, 6.45) is 5.26. The third-order valence-corrected chi connectivity index (χ3v) is 6.77. The highest BCUT2D eigenvalue weighted by Crippen LogP contribution is 2.38. The summed E-state index contributed by atoms with van der Waals surface area (Å²) in [5, 5.41) is 7.64. The van der Waals surface area contributed by atoms with Gasteiger partial charge in [0.05, 0.1) is 38.2 Å². The molecule has 5 aromatic rings. The van der Waals surface area contributed by atoms with Crippen LogP contribution < -0.4 is 24.3 Å². The van der Waals surface area contributed by atoms with E-state index < -0.39 is 11.7 Å². The Balaban J connectivity index is 1.23. The highest BCUT2D eigenvalue weighted by atomic mass is 19.1. The van der Waals surface area contributed by atoms with E-state index in [1.165, 1.54) is 43.2 Å². The molecular formula is C31H26F2N4O5. The lowest BCUT2D eigenvalue weighted by atomic mass is 10.2. The number of hydrogen-bond acceptors (Lipinski definition) is 7. The first-order chi connectivity index (χ1) is 20.4. The number of carbonyl (C=O) groups is 1. The molecule has 1 saturated carbocycles. The fourth-order valence-corrected chi connectivity index (χ4v) is 4.35. The normalized spacial score (nSPS) is 12.7. The van der Waals surface area contributed by atoms with Crippen molar-refractivity contribution in [3.63, 3.8) is 0 Å². The van der Waals surface area contributed by atoms with E-state index in [9.17, 15) is 9.18 Å². The van der Waals surface area contributed by atoms with Crippen LogP contribution in [-0.4, -0.2) is 41.5 Å². The highest BCUT2D eigenvalue weighted by molar-refractivity contribution is 6.04. The zero-order valence-electron chi connectivity index (χ0n) is 22.8. The van der Waals surface area contributed by atoms with Gasteiger partial charge in [0.1, 0.15) is 11.6 Å². The van der Waals surface area contributed by atoms with Crippen molar-refractivity contribution in [3.05, 3.63) is 90.4 Å². The maximum absolute atomic E-state index is 15.2. The van der Waals surface area contributed by atoms with Gasteiger partial charge >= 0.3 is 0 Å². The molecule has 0 aliphatic heterocycles. The molecular weight excluding hydrogens is 546 g/mol. The van der Waals surface area contributed by atoms with E-state index in [2.05, 4.69) is 15.4 Å². The van der Waals surface area contributed by atoms with Crippen molar-refractivity contribution in [3.8, 4) is 34.4 Å². The van der Waals surface area contributed by atoms with E-state index in [1.807, 2.05) is 0 Å². The Morgan fingerprint density at radius 1 is 0.929 bits per heavy atom. The van der Waals surface area contributed by atoms with Crippen LogP contribution in [0.25, 0.3) is 16.6 Å². The van der Waals surface area contributed by atoms with Crippen molar-refractivity contribution < 1.29 is 32.5 Å². The lowest BCUT2D eigenvalue weighted by Crippen LogP contribution is -2.15. The minimum atomic E-state index is -0.694. The van der Waals surface area contributed by atoms with Crippen LogP contribution in [-0.2, 0) is 0 Å². The average molecular weight is 573 g/mol. The molecule has 214 valence electrons. The second-order valence-corrected chi connectivity index (χ2v) is 9.75. The van der Waals surface area contributed by atoms with Gasteiger partial charge in [-0.3, -0.25) is 9.78 Å². The fourth-order valence-electron chi connectivity index (χ4n) is 4.35. The number of carbonyl (C=O) groups excluding carboxylic acids is 1. The first kappa shape index (κ1) is 27.0. The summed E-state index contributed by atoms with van der Waals surface area (Å²) in [5.41, 5.74) is 1.35. The lowest BCUT2D eigenvalue weighted by molar-refractivity contribution is 0.101. The van der Waals surface area contributed by atoms with Crippen LogP contribution in [0.1, 0.15) is 23.3 Å². The molecule has 0 bridgehead atoms. The first-order valence-corrected chi connectivity index (χ1v) is 13.2. The molecule has 0 spiro atoms. The molecule has 1 aliphatic rings. The summed E-state index contributed by atoms with van der Waals surface area (Å²) in [7, 11) is 3.04. The van der Waals surface area contributed by atoms with Gasteiger partial charge in [-0.25, -0.2) is 13.5 Å². The summed E-state index contributed by atoms with van der Waals surface area (Å²) >= 11 is 0. The fraction of sp³-hybridized carbons (Fsp3) is 0.194. The summed E-state index contributed by atoms with van der Waals surface area (Å²) in [6.45, 7) is 0.457. The minimum Gasteiger partial charge on any atom is -0.493 e. The number of methoxy groups -OCH3 is 2. The Morgan fingerprint density at radius 3 is 2.40 bits per heavy atom. The largest absolute Gasteiger partial charge is 0.493 e. The van der Waals surface area contributed by atoms with Crippen molar-refractivity contribution in [1.82, 2.24) is 14.8 Å². The maximum atomic E-state index is 15.2. The molecule has 0 radical (unpaired) electrons. The number of anilines is 1. The third-order valence-electron chi connectivity index (χ3n) is 6.77. The van der Waals surface area contributed by atoms with Gasteiger partial charge in [0, 0.05) is 29.4 Å². The molecule has 9 nitrogen and oxygen atoms in total. The summed E-state index contributed by atoms with van der Waals surface area (Å²) < 4.78 is 52.5. The van der Waals surface area contributed by atoms with Crippen molar-refractivity contribution in [1.29, 1.82) is 0 Å². The smallest absolute Gasteiger partial charge is 0.280 e. The van der Waals surface area contributed by atoms with Crippen LogP contribution in [0.2, 0.25) is 0 Å². The van der Waals surface area contributed by atoms with Crippen LogP contribution in [0.3, 0.4) is 0 Å². The molecule has 11 heteroatoms. The Labute approximate surface area is 239 Å². The molecule has 1 N–H and O–H groups in total. The number of aromatic nitrogens is 3. The van der Waals surface area contributed by atoms with E-state index in [0.717, 1.165) is 18.9 Å². The topological polar surface area (TPSA) is 96.7 Å². The zero-order chi connectivity index (χ0) is 29.2. The van der Waals surface area contributed by atoms with Crippen molar-refractivity contribution in [2.24, 2.45) is 5.92 Å². The third kappa shape index (κ3) is 5.67. The number of ether oxygens (including phenoxy) is 4. The van der Waals surface area contributed by atoms with Crippen LogP contribution in [0.4, 0.5) is 14.5 Å². The predicted octanol–water partition coefficient (Wildman–Crippen LogP) is 6.55. The van der Waals surface area contributed by atoms with Gasteiger partial charge in [0.15, 0.2) is 34.5 Å². The van der Waals surface area contributed by atoms with Gasteiger partial charge in [-0.2, -0.15) is 5.10 Å². The van der Waals surface area contributed by atoms with Gasteiger partial charge in [-0.15, -0.1) is 0 Å². The molecule has 3 aromatic carbocycles. The van der Waals surface area contributed by atoms with Crippen molar-refractivity contribution >= 4 is 22.5 Å². The second kappa shape index (κ2) is 11.4. The Kier molecular flexibility index (Phi) is 7.30. The number of nitrogens with one attached hydrogen (secondary N) is 1. The lowest BCUT2D eigenvalue weighted by Gasteiger charge is -2.13. The van der Waals surface area contributed by atoms with E-state index >= 15 is 4.39 Å². The van der Waals surface area contributed by atoms with Gasteiger partial charge in [-0.1, -0.05) is 0 Å². The van der Waals surface area contributed by atoms with Gasteiger partial charge in [0.25, 0.3) is 5.91 Å². The van der Waals surface area contributed by atoms with Crippen molar-refractivity contribution in [2.75, 3.05) is 26.1 Å². The SMILES string of the molecule is COc1cc2nccc(Oc3ccc(NC(=O)c4nn(-c5ccc(F)cc5)cc4OCC4CC4)cc3F)c2cc1OC. The number of nitrogens with zero attached hydrogens (tertiary/aromatic N) is 3. The summed E-state index contributed by atoms with van der Waals surface area (Å²) in [5.74, 6) is 0.341. The quantitative estimate of drug-likeness (QED) is 0.203. The van der Waals surface area contributed by atoms with E-state index in [0.29, 0.717) is 46.4 Å². The molecule has 1 fully saturated rings. The Bertz CT molecular complexity index is 1770. The number of benzene rings is 3. The molecule has 0 saturated heterocycles. The number of fused-ring (bicyclic) bond motifs is 1. The molecule has 42 heavy (non-hydrogen) atoms. The predicted molar refractivity (Wildman–Crippen MR) is 151 cm³/mol. The summed E-state index contributed by atoms with van der Waals surface area (Å²) in [6, 6.07) is 14.8. The number of hydrogen-bond donors (Lipinski definition) is 1. The molecule has 6 rings (SSSR count). The van der Waals surface area contributed by atoms with E-state index in [-0.39, 0.29) is 28.7 Å². The maximum Gasteiger partial charge on any atom is 0.280 e. The Morgan fingerprint density at radius 2 is 1.69 bits per heavy atom. The van der Waals surface area contributed by atoms with Gasteiger partial charge in [-0.05, 0) is 67.3 Å². The van der Waals surface area contributed by atoms with Crippen molar-refractivity contribution in [2.45, 2.75) is 12.8 Å². The molecule has 0 unspecified atom stereocenters.